The van der Waals surface area contributed by atoms with Gasteiger partial charge < -0.3 is 0 Å². The van der Waals surface area contributed by atoms with Gasteiger partial charge in [-0.25, -0.2) is 0 Å². The van der Waals surface area contributed by atoms with Crippen LogP contribution in [0.1, 0.15) is 70.9 Å². The zero-order valence-corrected chi connectivity index (χ0v) is 19.1. The predicted octanol–water partition coefficient (Wildman–Crippen LogP) is 5.16. The van der Waals surface area contributed by atoms with Crippen LogP contribution >= 0.6 is 11.6 Å². The summed E-state index contributed by atoms with van der Waals surface area (Å²) in [5.41, 5.74) is 3.30. The first-order valence-electron chi connectivity index (χ1n) is 11.3. The van der Waals surface area contributed by atoms with Crippen molar-refractivity contribution in [1.29, 1.82) is 0 Å². The Kier molecular flexibility index (Phi) is 5.83. The Morgan fingerprint density at radius 3 is 2.00 bits per heavy atom. The summed E-state index contributed by atoms with van der Waals surface area (Å²) in [4.78, 5) is 8.21. The highest BCUT2D eigenvalue weighted by Gasteiger charge is 2.46. The fourth-order valence-electron chi connectivity index (χ4n) is 5.66. The number of halogens is 1. The van der Waals surface area contributed by atoms with Gasteiger partial charge in [-0.15, -0.1) is 0 Å². The van der Waals surface area contributed by atoms with Crippen molar-refractivity contribution < 1.29 is 0 Å². The second kappa shape index (κ2) is 7.91. The molecule has 0 spiro atoms. The van der Waals surface area contributed by atoms with Crippen molar-refractivity contribution in [3.63, 3.8) is 0 Å². The molecule has 0 aliphatic carbocycles. The number of likely N-dealkylation sites (tertiary alicyclic amines) is 2. The Bertz CT molecular complexity index is 685. The summed E-state index contributed by atoms with van der Waals surface area (Å²) in [6.07, 6.45) is 6.69. The summed E-state index contributed by atoms with van der Waals surface area (Å²) in [6.45, 7) is 17.0. The van der Waals surface area contributed by atoms with Crippen LogP contribution in [0, 0.1) is 0 Å². The number of piperidine rings is 2. The van der Waals surface area contributed by atoms with Gasteiger partial charge in [0.2, 0.25) is 0 Å². The molecule has 0 atom stereocenters. The summed E-state index contributed by atoms with van der Waals surface area (Å²) in [7, 11) is 0. The molecule has 0 amide bonds. The molecular formula is C24H38ClN3. The van der Waals surface area contributed by atoms with Crippen LogP contribution in [0.4, 0.5) is 0 Å². The summed E-state index contributed by atoms with van der Waals surface area (Å²) >= 11 is 6.20. The Morgan fingerprint density at radius 1 is 0.786 bits per heavy atom. The third-order valence-corrected chi connectivity index (χ3v) is 8.57. The molecule has 1 aromatic carbocycles. The predicted molar refractivity (Wildman–Crippen MR) is 119 cm³/mol. The lowest BCUT2D eigenvalue weighted by atomic mass is 9.77. The van der Waals surface area contributed by atoms with Crippen LogP contribution in [0.3, 0.4) is 0 Å². The van der Waals surface area contributed by atoms with Crippen molar-refractivity contribution >= 4 is 11.6 Å². The van der Waals surface area contributed by atoms with Gasteiger partial charge in [0.05, 0.1) is 0 Å². The van der Waals surface area contributed by atoms with Crippen LogP contribution in [-0.4, -0.2) is 58.0 Å². The number of hydrogen-bond acceptors (Lipinski definition) is 3. The van der Waals surface area contributed by atoms with Gasteiger partial charge >= 0.3 is 0 Å². The van der Waals surface area contributed by atoms with Crippen molar-refractivity contribution in [2.45, 2.75) is 90.0 Å². The Hall–Kier alpha value is -0.610. The molecule has 3 heterocycles. The van der Waals surface area contributed by atoms with Crippen molar-refractivity contribution in [2.75, 3.05) is 26.2 Å². The number of fused-ring (bicyclic) bond motifs is 1. The molecule has 0 aromatic heterocycles. The largest absolute Gasteiger partial charge is 0.296 e. The van der Waals surface area contributed by atoms with Crippen LogP contribution in [0.2, 0.25) is 5.02 Å². The fraction of sp³-hybridized carbons (Fsp3) is 0.750. The zero-order chi connectivity index (χ0) is 19.9. The molecule has 1 aromatic rings. The van der Waals surface area contributed by atoms with E-state index in [-0.39, 0.29) is 11.1 Å². The Morgan fingerprint density at radius 2 is 1.36 bits per heavy atom. The SMILES string of the molecule is CC(C)(N1CCCCC1)C(C)(C)N1CCC(N2Cc3ccc(Cl)cc3C2)CC1. The highest BCUT2D eigenvalue weighted by atomic mass is 35.5. The van der Waals surface area contributed by atoms with E-state index in [1.165, 1.54) is 69.4 Å². The summed E-state index contributed by atoms with van der Waals surface area (Å²) in [5.74, 6) is 0. The normalized spacial score (nSPS) is 23.9. The summed E-state index contributed by atoms with van der Waals surface area (Å²) < 4.78 is 0. The third kappa shape index (κ3) is 3.76. The van der Waals surface area contributed by atoms with Gasteiger partial charge in [-0.05, 0) is 89.7 Å². The molecule has 3 nitrogen and oxygen atoms in total. The molecule has 0 unspecified atom stereocenters. The van der Waals surface area contributed by atoms with Gasteiger partial charge in [0.1, 0.15) is 0 Å². The standard InChI is InChI=1S/C24H38ClN3/c1-23(2,27-12-6-5-7-13-27)24(3,4)28-14-10-22(11-15-28)26-17-19-8-9-21(25)16-20(19)18-26/h8-9,16,22H,5-7,10-15,17-18H2,1-4H3. The number of rotatable bonds is 4. The summed E-state index contributed by atoms with van der Waals surface area (Å²) in [5, 5.41) is 0.872. The molecule has 3 aliphatic rings. The van der Waals surface area contributed by atoms with E-state index in [4.69, 9.17) is 11.6 Å². The lowest BCUT2D eigenvalue weighted by Gasteiger charge is -2.57. The van der Waals surface area contributed by atoms with Crippen molar-refractivity contribution in [1.82, 2.24) is 14.7 Å². The molecule has 2 fully saturated rings. The molecule has 0 N–H and O–H groups in total. The first kappa shape index (κ1) is 20.7. The second-order valence-electron chi connectivity index (χ2n) is 10.2. The van der Waals surface area contributed by atoms with E-state index in [2.05, 4.69) is 54.5 Å². The molecule has 3 aliphatic heterocycles. The van der Waals surface area contributed by atoms with Crippen LogP contribution in [-0.2, 0) is 13.1 Å². The minimum absolute atomic E-state index is 0.191. The van der Waals surface area contributed by atoms with Gasteiger partial charge in [0.15, 0.2) is 0 Å². The van der Waals surface area contributed by atoms with Gasteiger partial charge in [0.25, 0.3) is 0 Å². The molecule has 4 rings (SSSR count). The monoisotopic (exact) mass is 403 g/mol. The highest BCUT2D eigenvalue weighted by Crippen LogP contribution is 2.38. The maximum absolute atomic E-state index is 6.20. The number of nitrogens with zero attached hydrogens (tertiary/aromatic N) is 3. The van der Waals surface area contributed by atoms with Gasteiger partial charge in [-0.2, -0.15) is 0 Å². The van der Waals surface area contributed by atoms with Crippen LogP contribution in [0.5, 0.6) is 0 Å². The molecule has 2 saturated heterocycles. The smallest absolute Gasteiger partial charge is 0.0409 e. The van der Waals surface area contributed by atoms with Crippen LogP contribution in [0.25, 0.3) is 0 Å². The average Bonchev–Trinajstić information content (AvgIpc) is 3.12. The Labute approximate surface area is 177 Å². The third-order valence-electron chi connectivity index (χ3n) is 8.33. The summed E-state index contributed by atoms with van der Waals surface area (Å²) in [6, 6.07) is 7.13. The second-order valence-corrected chi connectivity index (χ2v) is 10.6. The minimum Gasteiger partial charge on any atom is -0.296 e. The average molecular weight is 404 g/mol. The molecular weight excluding hydrogens is 366 g/mol. The Balaban J connectivity index is 1.37. The molecule has 0 saturated carbocycles. The topological polar surface area (TPSA) is 9.72 Å². The quantitative estimate of drug-likeness (QED) is 0.687. The van der Waals surface area contributed by atoms with E-state index in [0.717, 1.165) is 18.1 Å². The molecule has 0 radical (unpaired) electrons. The first-order valence-corrected chi connectivity index (χ1v) is 11.7. The fourth-order valence-corrected chi connectivity index (χ4v) is 5.86. The maximum atomic E-state index is 6.20. The minimum atomic E-state index is 0.191. The van der Waals surface area contributed by atoms with Gasteiger partial charge in [-0.1, -0.05) is 24.1 Å². The lowest BCUT2D eigenvalue weighted by Crippen LogP contribution is -2.67. The van der Waals surface area contributed by atoms with Gasteiger partial charge in [-0.3, -0.25) is 14.7 Å². The number of benzene rings is 1. The van der Waals surface area contributed by atoms with Crippen LogP contribution < -0.4 is 0 Å². The van der Waals surface area contributed by atoms with E-state index in [0.29, 0.717) is 6.04 Å². The van der Waals surface area contributed by atoms with Crippen molar-refractivity contribution in [3.05, 3.63) is 34.3 Å². The van der Waals surface area contributed by atoms with E-state index in [1.54, 1.807) is 0 Å². The molecule has 28 heavy (non-hydrogen) atoms. The lowest BCUT2D eigenvalue weighted by molar-refractivity contribution is -0.0601. The van der Waals surface area contributed by atoms with E-state index < -0.39 is 0 Å². The number of hydrogen-bond donors (Lipinski definition) is 0. The molecule has 156 valence electrons. The molecule has 0 bridgehead atoms. The van der Waals surface area contributed by atoms with E-state index in [1.807, 2.05) is 6.07 Å². The van der Waals surface area contributed by atoms with E-state index in [9.17, 15) is 0 Å². The zero-order valence-electron chi connectivity index (χ0n) is 18.3. The highest BCUT2D eigenvalue weighted by molar-refractivity contribution is 6.30. The van der Waals surface area contributed by atoms with Crippen LogP contribution in [0.15, 0.2) is 18.2 Å². The van der Waals surface area contributed by atoms with Crippen molar-refractivity contribution in [3.8, 4) is 0 Å². The van der Waals surface area contributed by atoms with Crippen molar-refractivity contribution in [2.24, 2.45) is 0 Å². The molecule has 4 heteroatoms. The van der Waals surface area contributed by atoms with Gasteiger partial charge in [0, 0.05) is 48.3 Å². The maximum Gasteiger partial charge on any atom is 0.0409 e. The first-order chi connectivity index (χ1) is 13.3. The van der Waals surface area contributed by atoms with E-state index >= 15 is 0 Å².